The highest BCUT2D eigenvalue weighted by Gasteiger charge is 2.08. The number of halogens is 1. The van der Waals surface area contributed by atoms with E-state index in [-0.39, 0.29) is 5.91 Å². The summed E-state index contributed by atoms with van der Waals surface area (Å²) in [4.78, 5) is 12.1. The number of methoxy groups -OCH3 is 1. The third-order valence-electron chi connectivity index (χ3n) is 3.21. The number of hydrogen-bond acceptors (Lipinski definition) is 3. The molecular formula is C17H17IN2O2. The second kappa shape index (κ2) is 7.40. The molecule has 0 spiro atoms. The zero-order valence-electron chi connectivity index (χ0n) is 12.7. The van der Waals surface area contributed by atoms with Gasteiger partial charge < -0.3 is 4.74 Å². The Morgan fingerprint density at radius 3 is 2.36 bits per heavy atom. The highest BCUT2D eigenvalue weighted by Crippen LogP contribution is 2.21. The molecule has 0 aromatic heterocycles. The molecule has 22 heavy (non-hydrogen) atoms. The first-order chi connectivity index (χ1) is 10.5. The Balaban J connectivity index is 2.10. The minimum atomic E-state index is -0.243. The molecule has 5 heteroatoms. The van der Waals surface area contributed by atoms with Gasteiger partial charge in [0.25, 0.3) is 5.91 Å². The topological polar surface area (TPSA) is 50.7 Å². The van der Waals surface area contributed by atoms with E-state index in [1.54, 1.807) is 25.3 Å². The maximum Gasteiger partial charge on any atom is 0.271 e. The number of carbonyl (C=O) groups excluding carboxylic acids is 1. The molecule has 0 bridgehead atoms. The summed E-state index contributed by atoms with van der Waals surface area (Å²) in [6.07, 6.45) is 0. The lowest BCUT2D eigenvalue weighted by atomic mass is 10.1. The maximum atomic E-state index is 12.1. The smallest absolute Gasteiger partial charge is 0.271 e. The highest BCUT2D eigenvalue weighted by molar-refractivity contribution is 14.1. The van der Waals surface area contributed by atoms with Gasteiger partial charge in [0.05, 0.1) is 16.4 Å². The Kier molecular flexibility index (Phi) is 5.54. The van der Waals surface area contributed by atoms with Gasteiger partial charge in [0.2, 0.25) is 0 Å². The van der Waals surface area contributed by atoms with Gasteiger partial charge in [-0.15, -0.1) is 0 Å². The molecule has 0 fully saturated rings. The van der Waals surface area contributed by atoms with Gasteiger partial charge >= 0.3 is 0 Å². The fraction of sp³-hybridized carbons (Fsp3) is 0.176. The molecule has 0 saturated heterocycles. The van der Waals surface area contributed by atoms with Gasteiger partial charge in [-0.05, 0) is 60.2 Å². The van der Waals surface area contributed by atoms with Gasteiger partial charge in [0, 0.05) is 5.56 Å². The van der Waals surface area contributed by atoms with Crippen molar-refractivity contribution < 1.29 is 9.53 Å². The summed E-state index contributed by atoms with van der Waals surface area (Å²) in [5.41, 5.74) is 6.06. The lowest BCUT2D eigenvalue weighted by Crippen LogP contribution is -2.19. The molecule has 1 N–H and O–H groups in total. The maximum absolute atomic E-state index is 12.1. The second-order valence-electron chi connectivity index (χ2n) is 4.85. The Hall–Kier alpha value is -1.89. The zero-order valence-corrected chi connectivity index (χ0v) is 14.8. The van der Waals surface area contributed by atoms with Crippen molar-refractivity contribution in [1.29, 1.82) is 0 Å². The van der Waals surface area contributed by atoms with Crippen LogP contribution in [0.5, 0.6) is 5.75 Å². The quantitative estimate of drug-likeness (QED) is 0.476. The van der Waals surface area contributed by atoms with Crippen molar-refractivity contribution in [1.82, 2.24) is 5.43 Å². The molecule has 0 atom stereocenters. The van der Waals surface area contributed by atoms with E-state index in [0.717, 1.165) is 20.6 Å². The summed E-state index contributed by atoms with van der Waals surface area (Å²) < 4.78 is 6.06. The lowest BCUT2D eigenvalue weighted by molar-refractivity contribution is 0.0954. The summed E-state index contributed by atoms with van der Waals surface area (Å²) in [5.74, 6) is 0.503. The molecule has 0 unspecified atom stereocenters. The van der Waals surface area contributed by atoms with E-state index in [4.69, 9.17) is 4.74 Å². The average Bonchev–Trinajstić information content (AvgIpc) is 2.52. The van der Waals surface area contributed by atoms with Crippen LogP contribution in [-0.4, -0.2) is 18.7 Å². The molecule has 2 aromatic carbocycles. The van der Waals surface area contributed by atoms with E-state index in [2.05, 4.69) is 33.1 Å². The van der Waals surface area contributed by atoms with Gasteiger partial charge in [-0.3, -0.25) is 4.79 Å². The average molecular weight is 408 g/mol. The fourth-order valence-electron chi connectivity index (χ4n) is 1.87. The van der Waals surface area contributed by atoms with Crippen molar-refractivity contribution >= 4 is 34.2 Å². The number of benzene rings is 2. The number of amides is 1. The number of hydrazone groups is 1. The molecule has 1 amide bonds. The summed E-state index contributed by atoms with van der Waals surface area (Å²) in [5, 5.41) is 4.16. The Bertz CT molecular complexity index is 709. The number of hydrogen-bond donors (Lipinski definition) is 1. The molecule has 2 aromatic rings. The third kappa shape index (κ3) is 4.07. The Labute approximate surface area is 143 Å². The molecule has 0 aliphatic rings. The van der Waals surface area contributed by atoms with Crippen LogP contribution in [0.3, 0.4) is 0 Å². The predicted molar refractivity (Wildman–Crippen MR) is 96.6 cm³/mol. The molecule has 4 nitrogen and oxygen atoms in total. The molecule has 0 radical (unpaired) electrons. The SMILES string of the molecule is COc1ccc(C(=O)N/N=C(/C)c2ccc(C)cc2)cc1I. The van der Waals surface area contributed by atoms with Crippen molar-refractivity contribution in [2.75, 3.05) is 7.11 Å². The number of carbonyl (C=O) groups is 1. The highest BCUT2D eigenvalue weighted by atomic mass is 127. The first-order valence-electron chi connectivity index (χ1n) is 6.76. The predicted octanol–water partition coefficient (Wildman–Crippen LogP) is 3.76. The number of nitrogens with zero attached hydrogens (tertiary/aromatic N) is 1. The van der Waals surface area contributed by atoms with Crippen molar-refractivity contribution in [2.45, 2.75) is 13.8 Å². The van der Waals surface area contributed by atoms with Gasteiger partial charge in [0.1, 0.15) is 5.75 Å². The molecule has 0 heterocycles. The number of nitrogens with one attached hydrogen (secondary N) is 1. The van der Waals surface area contributed by atoms with Crippen LogP contribution in [-0.2, 0) is 0 Å². The van der Waals surface area contributed by atoms with Crippen LogP contribution >= 0.6 is 22.6 Å². The van der Waals surface area contributed by atoms with Crippen LogP contribution in [0.25, 0.3) is 0 Å². The molecule has 0 aliphatic carbocycles. The van der Waals surface area contributed by atoms with E-state index in [1.165, 1.54) is 5.56 Å². The van der Waals surface area contributed by atoms with Gasteiger partial charge in [0.15, 0.2) is 0 Å². The van der Waals surface area contributed by atoms with Crippen LogP contribution in [0, 0.1) is 10.5 Å². The number of aryl methyl sites for hydroxylation is 1. The zero-order chi connectivity index (χ0) is 16.1. The normalized spacial score (nSPS) is 11.2. The third-order valence-corrected chi connectivity index (χ3v) is 4.05. The van der Waals surface area contributed by atoms with Crippen LogP contribution in [0.15, 0.2) is 47.6 Å². The van der Waals surface area contributed by atoms with E-state index in [1.807, 2.05) is 38.1 Å². The largest absolute Gasteiger partial charge is 0.496 e. The van der Waals surface area contributed by atoms with E-state index in [9.17, 15) is 4.79 Å². The van der Waals surface area contributed by atoms with Crippen molar-refractivity contribution in [3.8, 4) is 5.75 Å². The van der Waals surface area contributed by atoms with Crippen LogP contribution in [0.4, 0.5) is 0 Å². The molecule has 0 aliphatic heterocycles. The van der Waals surface area contributed by atoms with Gasteiger partial charge in [-0.1, -0.05) is 29.8 Å². The molecule has 2 rings (SSSR count). The Morgan fingerprint density at radius 2 is 1.77 bits per heavy atom. The van der Waals surface area contributed by atoms with Crippen LogP contribution < -0.4 is 10.2 Å². The lowest BCUT2D eigenvalue weighted by Gasteiger charge is -2.06. The minimum absolute atomic E-state index is 0.243. The first-order valence-corrected chi connectivity index (χ1v) is 7.84. The number of ether oxygens (including phenoxy) is 1. The van der Waals surface area contributed by atoms with E-state index < -0.39 is 0 Å². The van der Waals surface area contributed by atoms with Gasteiger partial charge in [-0.25, -0.2) is 5.43 Å². The first kappa shape index (κ1) is 16.5. The fourth-order valence-corrected chi connectivity index (χ4v) is 2.60. The standard InChI is InChI=1S/C17H17IN2O2/c1-11-4-6-13(7-5-11)12(2)19-20-17(21)14-8-9-16(22-3)15(18)10-14/h4-10H,1-3H3,(H,20,21)/b19-12-. The molecule has 0 saturated carbocycles. The van der Waals surface area contributed by atoms with Crippen molar-refractivity contribution in [2.24, 2.45) is 5.10 Å². The Morgan fingerprint density at radius 1 is 1.14 bits per heavy atom. The molecule has 114 valence electrons. The van der Waals surface area contributed by atoms with Gasteiger partial charge in [-0.2, -0.15) is 5.10 Å². The van der Waals surface area contributed by atoms with Crippen molar-refractivity contribution in [3.63, 3.8) is 0 Å². The van der Waals surface area contributed by atoms with Crippen molar-refractivity contribution in [3.05, 3.63) is 62.7 Å². The summed E-state index contributed by atoms with van der Waals surface area (Å²) in [7, 11) is 1.60. The summed E-state index contributed by atoms with van der Waals surface area (Å²) >= 11 is 2.13. The second-order valence-corrected chi connectivity index (χ2v) is 6.02. The monoisotopic (exact) mass is 408 g/mol. The summed E-state index contributed by atoms with van der Waals surface area (Å²) in [6, 6.07) is 13.3. The minimum Gasteiger partial charge on any atom is -0.496 e. The van der Waals surface area contributed by atoms with Crippen LogP contribution in [0.1, 0.15) is 28.4 Å². The number of rotatable bonds is 4. The summed E-state index contributed by atoms with van der Waals surface area (Å²) in [6.45, 7) is 3.89. The van der Waals surface area contributed by atoms with E-state index >= 15 is 0 Å². The molecular weight excluding hydrogens is 391 g/mol. The van der Waals surface area contributed by atoms with E-state index in [0.29, 0.717) is 5.56 Å². The van der Waals surface area contributed by atoms with Crippen LogP contribution in [0.2, 0.25) is 0 Å².